The first-order valence-electron chi connectivity index (χ1n) is 5.79. The molecule has 3 aromatic rings. The normalized spacial score (nSPS) is 10.6. The van der Waals surface area contributed by atoms with Gasteiger partial charge in [0.05, 0.1) is 6.54 Å². The van der Waals surface area contributed by atoms with Gasteiger partial charge in [0.25, 0.3) is 0 Å². The zero-order chi connectivity index (χ0) is 13.1. The third-order valence-electron chi connectivity index (χ3n) is 2.66. The molecule has 0 aliphatic carbocycles. The van der Waals surface area contributed by atoms with Crippen LogP contribution in [0.2, 0.25) is 0 Å². The first-order chi connectivity index (χ1) is 9.31. The number of nitrogens with one attached hydrogen (secondary N) is 1. The quantitative estimate of drug-likeness (QED) is 0.746. The smallest absolute Gasteiger partial charge is 0.169 e. The van der Waals surface area contributed by atoms with E-state index in [4.69, 9.17) is 4.42 Å². The molecule has 0 saturated heterocycles. The molecule has 0 aliphatic heterocycles. The van der Waals surface area contributed by atoms with Gasteiger partial charge in [-0.25, -0.2) is 4.98 Å². The zero-order valence-corrected chi connectivity index (χ0v) is 12.4. The van der Waals surface area contributed by atoms with Gasteiger partial charge in [0.15, 0.2) is 4.67 Å². The number of benzene rings is 1. The van der Waals surface area contributed by atoms with Gasteiger partial charge in [-0.3, -0.25) is 0 Å². The van der Waals surface area contributed by atoms with Crippen LogP contribution in [0.4, 0.5) is 5.69 Å². The number of anilines is 1. The van der Waals surface area contributed by atoms with Crippen LogP contribution in [0.1, 0.15) is 5.76 Å². The summed E-state index contributed by atoms with van der Waals surface area (Å²) in [5.41, 5.74) is 2.20. The number of aromatic nitrogens is 1. The Labute approximate surface area is 123 Å². The molecule has 0 amide bonds. The molecule has 0 atom stereocenters. The van der Waals surface area contributed by atoms with Gasteiger partial charge in [-0.1, -0.05) is 0 Å². The monoisotopic (exact) mass is 334 g/mol. The summed E-state index contributed by atoms with van der Waals surface area (Å²) in [6, 6.07) is 12.1. The molecule has 0 bridgehead atoms. The van der Waals surface area contributed by atoms with Crippen molar-refractivity contribution in [2.45, 2.75) is 6.54 Å². The standard InChI is InChI=1S/C14H11BrN2OS/c15-13-6-5-12(18-13)9-17-11-3-1-10(2-4-11)14-16-7-8-19-14/h1-8,17H,9H2. The highest BCUT2D eigenvalue weighted by atomic mass is 79.9. The molecule has 1 N–H and O–H groups in total. The van der Waals surface area contributed by atoms with Crippen LogP contribution in [-0.4, -0.2) is 4.98 Å². The molecule has 0 spiro atoms. The van der Waals surface area contributed by atoms with Crippen LogP contribution >= 0.6 is 27.3 Å². The highest BCUT2D eigenvalue weighted by molar-refractivity contribution is 9.10. The highest BCUT2D eigenvalue weighted by Crippen LogP contribution is 2.23. The van der Waals surface area contributed by atoms with Crippen molar-refractivity contribution in [3.63, 3.8) is 0 Å². The second-order valence-electron chi connectivity index (χ2n) is 3.97. The number of hydrogen-bond acceptors (Lipinski definition) is 4. The van der Waals surface area contributed by atoms with Gasteiger partial charge < -0.3 is 9.73 Å². The fraction of sp³-hybridized carbons (Fsp3) is 0.0714. The second-order valence-corrected chi connectivity index (χ2v) is 5.65. The van der Waals surface area contributed by atoms with Crippen LogP contribution < -0.4 is 5.32 Å². The number of thiazole rings is 1. The molecule has 96 valence electrons. The molecule has 3 nitrogen and oxygen atoms in total. The van der Waals surface area contributed by atoms with E-state index in [0.717, 1.165) is 26.7 Å². The van der Waals surface area contributed by atoms with Crippen molar-refractivity contribution >= 4 is 33.0 Å². The summed E-state index contributed by atoms with van der Waals surface area (Å²) in [4.78, 5) is 4.29. The minimum Gasteiger partial charge on any atom is -0.452 e. The van der Waals surface area contributed by atoms with Crippen LogP contribution in [0, 0.1) is 0 Å². The zero-order valence-electron chi connectivity index (χ0n) is 9.97. The molecule has 5 heteroatoms. The van der Waals surface area contributed by atoms with E-state index in [1.165, 1.54) is 0 Å². The van der Waals surface area contributed by atoms with Gasteiger partial charge in [0.2, 0.25) is 0 Å². The topological polar surface area (TPSA) is 38.1 Å². The SMILES string of the molecule is Brc1ccc(CNc2ccc(-c3nccs3)cc2)o1. The maximum Gasteiger partial charge on any atom is 0.169 e. The lowest BCUT2D eigenvalue weighted by Crippen LogP contribution is -1.97. The van der Waals surface area contributed by atoms with E-state index in [2.05, 4.69) is 50.5 Å². The summed E-state index contributed by atoms with van der Waals surface area (Å²) in [6.45, 7) is 0.669. The molecule has 0 radical (unpaired) electrons. The molecule has 0 unspecified atom stereocenters. The maximum atomic E-state index is 5.43. The Kier molecular flexibility index (Phi) is 3.66. The fourth-order valence-electron chi connectivity index (χ4n) is 1.73. The Balaban J connectivity index is 1.66. The number of halogens is 1. The van der Waals surface area contributed by atoms with Crippen molar-refractivity contribution in [3.8, 4) is 10.6 Å². The number of hydrogen-bond donors (Lipinski definition) is 1. The van der Waals surface area contributed by atoms with E-state index in [9.17, 15) is 0 Å². The predicted molar refractivity (Wildman–Crippen MR) is 81.3 cm³/mol. The van der Waals surface area contributed by atoms with Gasteiger partial charge in [-0.2, -0.15) is 0 Å². The van der Waals surface area contributed by atoms with Gasteiger partial charge in [-0.05, 0) is 52.3 Å². The summed E-state index contributed by atoms with van der Waals surface area (Å²) in [5, 5.41) is 6.34. The molecule has 3 rings (SSSR count). The summed E-state index contributed by atoms with van der Waals surface area (Å²) in [7, 11) is 0. The lowest BCUT2D eigenvalue weighted by atomic mass is 10.2. The van der Waals surface area contributed by atoms with Gasteiger partial charge in [-0.15, -0.1) is 11.3 Å². The molecule has 19 heavy (non-hydrogen) atoms. The predicted octanol–water partition coefficient (Wildman–Crippen LogP) is 4.78. The first-order valence-corrected chi connectivity index (χ1v) is 7.46. The average molecular weight is 335 g/mol. The Morgan fingerprint density at radius 3 is 2.63 bits per heavy atom. The van der Waals surface area contributed by atoms with E-state index >= 15 is 0 Å². The first kappa shape index (κ1) is 12.4. The Morgan fingerprint density at radius 2 is 2.00 bits per heavy atom. The summed E-state index contributed by atoms with van der Waals surface area (Å²) in [6.07, 6.45) is 1.82. The van der Waals surface area contributed by atoms with E-state index in [-0.39, 0.29) is 0 Å². The van der Waals surface area contributed by atoms with Gasteiger partial charge >= 0.3 is 0 Å². The summed E-state index contributed by atoms with van der Waals surface area (Å²) in [5.74, 6) is 0.899. The van der Waals surface area contributed by atoms with Gasteiger partial charge in [0.1, 0.15) is 10.8 Å². The van der Waals surface area contributed by atoms with Crippen LogP contribution in [0.25, 0.3) is 10.6 Å². The Morgan fingerprint density at radius 1 is 1.16 bits per heavy atom. The van der Waals surface area contributed by atoms with Crippen molar-refractivity contribution in [2.75, 3.05) is 5.32 Å². The lowest BCUT2D eigenvalue weighted by Gasteiger charge is -2.05. The minimum atomic E-state index is 0.669. The van der Waals surface area contributed by atoms with E-state index in [0.29, 0.717) is 6.54 Å². The van der Waals surface area contributed by atoms with Crippen LogP contribution in [-0.2, 0) is 6.54 Å². The maximum absolute atomic E-state index is 5.43. The lowest BCUT2D eigenvalue weighted by molar-refractivity contribution is 0.495. The molecule has 1 aromatic carbocycles. The number of furan rings is 1. The summed E-state index contributed by atoms with van der Waals surface area (Å²) < 4.78 is 6.19. The van der Waals surface area contributed by atoms with Crippen molar-refractivity contribution in [3.05, 3.63) is 58.4 Å². The number of rotatable bonds is 4. The molecule has 2 aromatic heterocycles. The van der Waals surface area contributed by atoms with Crippen molar-refractivity contribution < 1.29 is 4.42 Å². The molecular formula is C14H11BrN2OS. The van der Waals surface area contributed by atoms with Crippen LogP contribution in [0.15, 0.2) is 57.1 Å². The highest BCUT2D eigenvalue weighted by Gasteiger charge is 2.02. The molecule has 0 aliphatic rings. The third kappa shape index (κ3) is 3.05. The Hall–Kier alpha value is -1.59. The van der Waals surface area contributed by atoms with Crippen molar-refractivity contribution in [1.29, 1.82) is 0 Å². The minimum absolute atomic E-state index is 0.669. The molecule has 0 fully saturated rings. The van der Waals surface area contributed by atoms with Crippen LogP contribution in [0.5, 0.6) is 0 Å². The van der Waals surface area contributed by atoms with E-state index < -0.39 is 0 Å². The molecule has 2 heterocycles. The average Bonchev–Trinajstić information content (AvgIpc) is 3.08. The van der Waals surface area contributed by atoms with Crippen LogP contribution in [0.3, 0.4) is 0 Å². The van der Waals surface area contributed by atoms with Crippen molar-refractivity contribution in [1.82, 2.24) is 4.98 Å². The van der Waals surface area contributed by atoms with E-state index in [1.54, 1.807) is 11.3 Å². The largest absolute Gasteiger partial charge is 0.452 e. The van der Waals surface area contributed by atoms with Gasteiger partial charge in [0, 0.05) is 22.8 Å². The molecular weight excluding hydrogens is 324 g/mol. The molecule has 0 saturated carbocycles. The second kappa shape index (κ2) is 5.59. The number of nitrogens with zero attached hydrogens (tertiary/aromatic N) is 1. The third-order valence-corrected chi connectivity index (χ3v) is 3.91. The summed E-state index contributed by atoms with van der Waals surface area (Å²) >= 11 is 4.93. The fourth-order valence-corrected chi connectivity index (χ4v) is 2.72. The van der Waals surface area contributed by atoms with E-state index in [1.807, 2.05) is 23.7 Å². The van der Waals surface area contributed by atoms with Crippen molar-refractivity contribution in [2.24, 2.45) is 0 Å². The Bertz CT molecular complexity index is 646.